The first-order valence-corrected chi connectivity index (χ1v) is 10.1. The molecule has 2 rings (SSSR count). The molecule has 0 bridgehead atoms. The number of hydrogen-bond donors (Lipinski definition) is 2. The fourth-order valence-electron chi connectivity index (χ4n) is 2.47. The summed E-state index contributed by atoms with van der Waals surface area (Å²) in [5, 5.41) is 4.22. The molecule has 0 aromatic heterocycles. The second-order valence-corrected chi connectivity index (χ2v) is 8.94. The van der Waals surface area contributed by atoms with Gasteiger partial charge in [-0.25, -0.2) is 12.7 Å². The summed E-state index contributed by atoms with van der Waals surface area (Å²) >= 11 is 12.1. The van der Waals surface area contributed by atoms with Gasteiger partial charge in [0.1, 0.15) is 0 Å². The number of guanidine groups is 1. The van der Waals surface area contributed by atoms with Crippen LogP contribution in [0.4, 0.5) is 0 Å². The molecule has 134 valence electrons. The molecule has 0 aliphatic carbocycles. The number of halogens is 2. The van der Waals surface area contributed by atoms with Crippen LogP contribution in [0, 0.1) is 5.92 Å². The quantitative estimate of drug-likeness (QED) is 0.573. The van der Waals surface area contributed by atoms with Crippen LogP contribution in [0.2, 0.25) is 10.0 Å². The van der Waals surface area contributed by atoms with Gasteiger partial charge in [-0.2, -0.15) is 0 Å². The zero-order valence-electron chi connectivity index (χ0n) is 13.7. The van der Waals surface area contributed by atoms with Gasteiger partial charge in [-0.3, -0.25) is 4.99 Å². The van der Waals surface area contributed by atoms with E-state index in [-0.39, 0.29) is 17.7 Å². The van der Waals surface area contributed by atoms with Gasteiger partial charge in [0.15, 0.2) is 5.96 Å². The van der Waals surface area contributed by atoms with Gasteiger partial charge in [0.2, 0.25) is 10.0 Å². The smallest absolute Gasteiger partial charge is 0.213 e. The molecular weight excluding hydrogens is 371 g/mol. The third-order valence-corrected chi connectivity index (χ3v) is 6.37. The first-order valence-electron chi connectivity index (χ1n) is 7.72. The number of nitrogens with two attached hydrogens (primary N) is 1. The van der Waals surface area contributed by atoms with Gasteiger partial charge >= 0.3 is 0 Å². The van der Waals surface area contributed by atoms with E-state index >= 15 is 0 Å². The number of nitrogens with zero attached hydrogens (tertiary/aromatic N) is 2. The standard InChI is InChI=1S/C15H22Cl2N4O2S/c1-3-24(22,23)21-8-11(9-21)7-19-15(18)20-10(2)13-5-4-12(16)6-14(13)17/h4-6,10-11H,3,7-9H2,1-2H3,(H3,18,19,20). The summed E-state index contributed by atoms with van der Waals surface area (Å²) in [5.74, 6) is 0.651. The number of benzene rings is 1. The van der Waals surface area contributed by atoms with Gasteiger partial charge in [0.05, 0.1) is 11.8 Å². The Labute approximate surface area is 153 Å². The van der Waals surface area contributed by atoms with Crippen molar-refractivity contribution in [2.24, 2.45) is 16.6 Å². The summed E-state index contributed by atoms with van der Waals surface area (Å²) < 4.78 is 24.8. The first-order chi connectivity index (χ1) is 11.2. The molecule has 1 heterocycles. The van der Waals surface area contributed by atoms with E-state index in [1.54, 1.807) is 19.1 Å². The van der Waals surface area contributed by atoms with Crippen LogP contribution in [0.15, 0.2) is 23.2 Å². The lowest BCUT2D eigenvalue weighted by Gasteiger charge is -2.37. The zero-order chi connectivity index (χ0) is 17.9. The Balaban J connectivity index is 1.84. The van der Waals surface area contributed by atoms with Crippen molar-refractivity contribution in [3.63, 3.8) is 0 Å². The number of rotatable bonds is 6. The summed E-state index contributed by atoms with van der Waals surface area (Å²) in [6.07, 6.45) is 0. The molecule has 1 aromatic rings. The molecule has 1 unspecified atom stereocenters. The number of aliphatic imine (C=N–C) groups is 1. The molecule has 1 aromatic carbocycles. The number of nitrogens with one attached hydrogen (secondary N) is 1. The summed E-state index contributed by atoms with van der Waals surface area (Å²) in [5.41, 5.74) is 6.78. The minimum Gasteiger partial charge on any atom is -0.370 e. The highest BCUT2D eigenvalue weighted by Gasteiger charge is 2.34. The predicted molar refractivity (Wildman–Crippen MR) is 99.0 cm³/mol. The van der Waals surface area contributed by atoms with Crippen molar-refractivity contribution in [1.82, 2.24) is 9.62 Å². The predicted octanol–water partition coefficient (Wildman–Crippen LogP) is 2.24. The van der Waals surface area contributed by atoms with Crippen molar-refractivity contribution in [2.75, 3.05) is 25.4 Å². The van der Waals surface area contributed by atoms with E-state index in [1.807, 2.05) is 13.0 Å². The highest BCUT2D eigenvalue weighted by molar-refractivity contribution is 7.89. The minimum atomic E-state index is -3.08. The number of sulfonamides is 1. The van der Waals surface area contributed by atoms with E-state index < -0.39 is 10.0 Å². The Kier molecular flexibility index (Phi) is 6.36. The SMILES string of the molecule is CCS(=O)(=O)N1CC(CN=C(N)NC(C)c2ccc(Cl)cc2Cl)C1. The molecular formula is C15H22Cl2N4O2S. The Morgan fingerprint density at radius 3 is 2.71 bits per heavy atom. The van der Waals surface area contributed by atoms with Crippen LogP contribution in [-0.2, 0) is 10.0 Å². The Bertz CT molecular complexity index is 718. The zero-order valence-corrected chi connectivity index (χ0v) is 16.0. The highest BCUT2D eigenvalue weighted by atomic mass is 35.5. The van der Waals surface area contributed by atoms with Crippen molar-refractivity contribution >= 4 is 39.2 Å². The molecule has 9 heteroatoms. The Morgan fingerprint density at radius 2 is 2.12 bits per heavy atom. The van der Waals surface area contributed by atoms with E-state index in [0.717, 1.165) is 5.56 Å². The van der Waals surface area contributed by atoms with E-state index in [1.165, 1.54) is 4.31 Å². The average molecular weight is 393 g/mol. The average Bonchev–Trinajstić information content (AvgIpc) is 2.45. The number of hydrogen-bond acceptors (Lipinski definition) is 3. The summed E-state index contributed by atoms with van der Waals surface area (Å²) in [6, 6.07) is 5.18. The first kappa shape index (κ1) is 19.3. The van der Waals surface area contributed by atoms with Gasteiger partial charge in [-0.05, 0) is 31.5 Å². The van der Waals surface area contributed by atoms with Crippen LogP contribution in [0.3, 0.4) is 0 Å². The largest absolute Gasteiger partial charge is 0.370 e. The van der Waals surface area contributed by atoms with E-state index in [0.29, 0.717) is 35.6 Å². The molecule has 6 nitrogen and oxygen atoms in total. The van der Waals surface area contributed by atoms with Gasteiger partial charge in [0.25, 0.3) is 0 Å². The Morgan fingerprint density at radius 1 is 1.46 bits per heavy atom. The van der Waals surface area contributed by atoms with Crippen LogP contribution in [0.25, 0.3) is 0 Å². The van der Waals surface area contributed by atoms with Gasteiger partial charge in [0, 0.05) is 35.6 Å². The molecule has 3 N–H and O–H groups in total. The Hall–Kier alpha value is -1.02. The normalized spacial score (nSPS) is 18.2. The minimum absolute atomic E-state index is 0.114. The molecule has 1 atom stereocenters. The van der Waals surface area contributed by atoms with E-state index in [9.17, 15) is 8.42 Å². The van der Waals surface area contributed by atoms with Crippen LogP contribution in [0.1, 0.15) is 25.5 Å². The van der Waals surface area contributed by atoms with Crippen molar-refractivity contribution in [3.8, 4) is 0 Å². The summed E-state index contributed by atoms with van der Waals surface area (Å²) in [7, 11) is -3.08. The fraction of sp³-hybridized carbons (Fsp3) is 0.533. The molecule has 0 radical (unpaired) electrons. The third-order valence-electron chi connectivity index (χ3n) is 4.00. The molecule has 0 saturated carbocycles. The van der Waals surface area contributed by atoms with Gasteiger partial charge in [-0.15, -0.1) is 0 Å². The van der Waals surface area contributed by atoms with Crippen molar-refractivity contribution in [3.05, 3.63) is 33.8 Å². The summed E-state index contributed by atoms with van der Waals surface area (Å²) in [6.45, 7) is 5.08. The topological polar surface area (TPSA) is 87.8 Å². The molecule has 24 heavy (non-hydrogen) atoms. The lowest BCUT2D eigenvalue weighted by molar-refractivity contribution is 0.208. The maximum Gasteiger partial charge on any atom is 0.213 e. The maximum absolute atomic E-state index is 11.7. The molecule has 1 saturated heterocycles. The third kappa shape index (κ3) is 4.75. The van der Waals surface area contributed by atoms with Crippen molar-refractivity contribution in [1.29, 1.82) is 0 Å². The fourth-order valence-corrected chi connectivity index (χ4v) is 4.29. The highest BCUT2D eigenvalue weighted by Crippen LogP contribution is 2.26. The molecule has 1 fully saturated rings. The van der Waals surface area contributed by atoms with Crippen molar-refractivity contribution < 1.29 is 8.42 Å². The maximum atomic E-state index is 11.7. The van der Waals surface area contributed by atoms with E-state index in [2.05, 4.69) is 10.3 Å². The van der Waals surface area contributed by atoms with Crippen LogP contribution in [0.5, 0.6) is 0 Å². The monoisotopic (exact) mass is 392 g/mol. The second kappa shape index (κ2) is 7.91. The lowest BCUT2D eigenvalue weighted by atomic mass is 10.0. The second-order valence-electron chi connectivity index (χ2n) is 5.84. The van der Waals surface area contributed by atoms with E-state index in [4.69, 9.17) is 28.9 Å². The molecule has 1 aliphatic heterocycles. The van der Waals surface area contributed by atoms with Gasteiger partial charge < -0.3 is 11.1 Å². The van der Waals surface area contributed by atoms with Crippen LogP contribution < -0.4 is 11.1 Å². The van der Waals surface area contributed by atoms with Crippen LogP contribution >= 0.6 is 23.2 Å². The molecule has 0 spiro atoms. The van der Waals surface area contributed by atoms with Crippen LogP contribution in [-0.4, -0.2) is 44.1 Å². The summed E-state index contributed by atoms with van der Waals surface area (Å²) in [4.78, 5) is 4.29. The lowest BCUT2D eigenvalue weighted by Crippen LogP contribution is -2.51. The molecule has 0 amide bonds. The van der Waals surface area contributed by atoms with Gasteiger partial charge in [-0.1, -0.05) is 29.3 Å². The van der Waals surface area contributed by atoms with Crippen molar-refractivity contribution in [2.45, 2.75) is 19.9 Å². The molecule has 1 aliphatic rings.